The smallest absolute Gasteiger partial charge is 0.0840 e. The van der Waals surface area contributed by atoms with E-state index >= 15 is 0 Å². The van der Waals surface area contributed by atoms with Crippen molar-refractivity contribution in [3.8, 4) is 0 Å². The molecule has 1 aromatic carbocycles. The minimum atomic E-state index is -0.772. The topological polar surface area (TPSA) is 36.0 Å². The third kappa shape index (κ3) is 1.65. The molecule has 80 valence electrons. The van der Waals surface area contributed by atoms with Crippen molar-refractivity contribution in [2.24, 2.45) is 0 Å². The highest BCUT2D eigenvalue weighted by Gasteiger charge is 2.16. The molecule has 0 amide bonds. The van der Waals surface area contributed by atoms with Crippen molar-refractivity contribution in [3.05, 3.63) is 35.0 Å². The molecule has 1 heterocycles. The van der Waals surface area contributed by atoms with E-state index in [0.29, 0.717) is 0 Å². The minimum Gasteiger partial charge on any atom is -0.386 e. The molecule has 2 aromatic rings. The number of rotatable bonds is 1. The molecule has 2 rings (SSSR count). The summed E-state index contributed by atoms with van der Waals surface area (Å²) in [6, 6.07) is 6.06. The van der Waals surface area contributed by atoms with Gasteiger partial charge in [0, 0.05) is 16.6 Å². The van der Waals surface area contributed by atoms with E-state index in [0.717, 1.165) is 11.1 Å². The van der Waals surface area contributed by atoms with E-state index in [9.17, 15) is 5.11 Å². The van der Waals surface area contributed by atoms with E-state index in [2.05, 4.69) is 24.9 Å². The van der Waals surface area contributed by atoms with Crippen LogP contribution in [0.5, 0.6) is 0 Å². The average molecular weight is 203 g/mol. The highest BCUT2D eigenvalue weighted by molar-refractivity contribution is 5.85. The lowest BCUT2D eigenvalue weighted by Crippen LogP contribution is -2.14. The lowest BCUT2D eigenvalue weighted by molar-refractivity contribution is 0.0787. The number of hydrogen-bond donors (Lipinski definition) is 2. The van der Waals surface area contributed by atoms with E-state index in [-0.39, 0.29) is 0 Å². The highest BCUT2D eigenvalue weighted by atomic mass is 16.3. The third-order valence-corrected chi connectivity index (χ3v) is 3.01. The second-order valence-corrected chi connectivity index (χ2v) is 4.69. The van der Waals surface area contributed by atoms with Crippen LogP contribution in [0, 0.1) is 13.8 Å². The number of benzene rings is 1. The van der Waals surface area contributed by atoms with E-state index in [4.69, 9.17) is 0 Å². The van der Waals surface area contributed by atoms with Crippen molar-refractivity contribution < 1.29 is 5.11 Å². The quantitative estimate of drug-likeness (QED) is 0.734. The van der Waals surface area contributed by atoms with Gasteiger partial charge in [-0.15, -0.1) is 0 Å². The maximum absolute atomic E-state index is 9.94. The molecule has 15 heavy (non-hydrogen) atoms. The van der Waals surface area contributed by atoms with E-state index in [1.807, 2.05) is 26.0 Å². The van der Waals surface area contributed by atoms with Gasteiger partial charge in [-0.05, 0) is 51.0 Å². The van der Waals surface area contributed by atoms with Gasteiger partial charge in [-0.2, -0.15) is 0 Å². The van der Waals surface area contributed by atoms with Gasteiger partial charge in [0.1, 0.15) is 0 Å². The number of aliphatic hydroxyl groups is 1. The van der Waals surface area contributed by atoms with E-state index in [1.165, 1.54) is 16.6 Å². The van der Waals surface area contributed by atoms with Crippen LogP contribution >= 0.6 is 0 Å². The molecule has 0 saturated heterocycles. The summed E-state index contributed by atoms with van der Waals surface area (Å²) in [5.74, 6) is 0. The Labute approximate surface area is 89.9 Å². The number of hydrogen-bond acceptors (Lipinski definition) is 1. The molecule has 0 fully saturated rings. The number of nitrogens with one attached hydrogen (secondary N) is 1. The lowest BCUT2D eigenvalue weighted by Gasteiger charge is -2.17. The minimum absolute atomic E-state index is 0.772. The number of aromatic nitrogens is 1. The van der Waals surface area contributed by atoms with Gasteiger partial charge in [0.25, 0.3) is 0 Å². The van der Waals surface area contributed by atoms with Gasteiger partial charge in [0.15, 0.2) is 0 Å². The van der Waals surface area contributed by atoms with Crippen molar-refractivity contribution in [3.63, 3.8) is 0 Å². The molecule has 0 aliphatic rings. The van der Waals surface area contributed by atoms with Crippen LogP contribution in [0.2, 0.25) is 0 Å². The molecule has 2 nitrogen and oxygen atoms in total. The zero-order valence-corrected chi connectivity index (χ0v) is 9.68. The second kappa shape index (κ2) is 3.11. The van der Waals surface area contributed by atoms with Gasteiger partial charge in [-0.3, -0.25) is 0 Å². The van der Waals surface area contributed by atoms with Gasteiger partial charge in [-0.25, -0.2) is 0 Å². The monoisotopic (exact) mass is 203 g/mol. The number of aryl methyl sites for hydroxylation is 2. The van der Waals surface area contributed by atoms with Gasteiger partial charge >= 0.3 is 0 Å². The summed E-state index contributed by atoms with van der Waals surface area (Å²) in [7, 11) is 0. The highest BCUT2D eigenvalue weighted by Crippen LogP contribution is 2.27. The Morgan fingerprint density at radius 3 is 2.47 bits per heavy atom. The molecule has 0 saturated carbocycles. The van der Waals surface area contributed by atoms with Crippen molar-refractivity contribution in [2.45, 2.75) is 33.3 Å². The zero-order valence-electron chi connectivity index (χ0n) is 9.68. The second-order valence-electron chi connectivity index (χ2n) is 4.69. The van der Waals surface area contributed by atoms with Crippen molar-refractivity contribution in [1.29, 1.82) is 0 Å². The van der Waals surface area contributed by atoms with Gasteiger partial charge < -0.3 is 10.1 Å². The van der Waals surface area contributed by atoms with E-state index in [1.54, 1.807) is 0 Å². The SMILES string of the molecule is Cc1[nH]c2ccc(C(C)(C)O)cc2c1C. The molecular weight excluding hydrogens is 186 g/mol. The Kier molecular flexibility index (Phi) is 2.12. The zero-order chi connectivity index (χ0) is 11.2. The van der Waals surface area contributed by atoms with Crippen LogP contribution in [-0.4, -0.2) is 10.1 Å². The summed E-state index contributed by atoms with van der Waals surface area (Å²) in [4.78, 5) is 3.32. The summed E-state index contributed by atoms with van der Waals surface area (Å²) >= 11 is 0. The average Bonchev–Trinajstić information content (AvgIpc) is 2.41. The fraction of sp³-hybridized carbons (Fsp3) is 0.385. The Hall–Kier alpha value is -1.28. The maximum Gasteiger partial charge on any atom is 0.0840 e. The van der Waals surface area contributed by atoms with Crippen molar-refractivity contribution in [2.75, 3.05) is 0 Å². The summed E-state index contributed by atoms with van der Waals surface area (Å²) < 4.78 is 0. The van der Waals surface area contributed by atoms with E-state index < -0.39 is 5.60 Å². The number of fused-ring (bicyclic) bond motifs is 1. The standard InChI is InChI=1S/C13H17NO/c1-8-9(2)14-12-6-5-10(7-11(8)12)13(3,4)15/h5-7,14-15H,1-4H3. The molecule has 0 radical (unpaired) electrons. The first-order chi connectivity index (χ1) is 6.89. The van der Waals surface area contributed by atoms with Crippen LogP contribution in [0.15, 0.2) is 18.2 Å². The lowest BCUT2D eigenvalue weighted by atomic mass is 9.96. The Morgan fingerprint density at radius 2 is 1.87 bits per heavy atom. The first-order valence-corrected chi connectivity index (χ1v) is 5.21. The van der Waals surface area contributed by atoms with Crippen LogP contribution in [0.1, 0.15) is 30.7 Å². The maximum atomic E-state index is 9.94. The summed E-state index contributed by atoms with van der Waals surface area (Å²) in [5, 5.41) is 11.1. The molecule has 0 atom stereocenters. The molecule has 0 spiro atoms. The molecule has 0 bridgehead atoms. The summed E-state index contributed by atoms with van der Waals surface area (Å²) in [6.45, 7) is 7.79. The van der Waals surface area contributed by atoms with Crippen LogP contribution < -0.4 is 0 Å². The van der Waals surface area contributed by atoms with Crippen molar-refractivity contribution >= 4 is 10.9 Å². The van der Waals surface area contributed by atoms with Crippen molar-refractivity contribution in [1.82, 2.24) is 4.98 Å². The fourth-order valence-electron chi connectivity index (χ4n) is 1.84. The van der Waals surface area contributed by atoms with Gasteiger partial charge in [-0.1, -0.05) is 6.07 Å². The molecule has 0 aliphatic heterocycles. The first kappa shape index (κ1) is 10.2. The fourth-order valence-corrected chi connectivity index (χ4v) is 1.84. The van der Waals surface area contributed by atoms with Gasteiger partial charge in [0.2, 0.25) is 0 Å². The van der Waals surface area contributed by atoms with Crippen LogP contribution in [0.3, 0.4) is 0 Å². The van der Waals surface area contributed by atoms with Crippen LogP contribution in [0.4, 0.5) is 0 Å². The molecule has 0 aliphatic carbocycles. The molecular formula is C13H17NO. The predicted octanol–water partition coefficient (Wildman–Crippen LogP) is 3.01. The summed E-state index contributed by atoms with van der Waals surface area (Å²) in [5.41, 5.74) is 3.77. The Balaban J connectivity index is 2.70. The largest absolute Gasteiger partial charge is 0.386 e. The number of aromatic amines is 1. The first-order valence-electron chi connectivity index (χ1n) is 5.21. The third-order valence-electron chi connectivity index (χ3n) is 3.01. The predicted molar refractivity (Wildman–Crippen MR) is 63.0 cm³/mol. The van der Waals surface area contributed by atoms with Gasteiger partial charge in [0.05, 0.1) is 5.60 Å². The summed E-state index contributed by atoms with van der Waals surface area (Å²) in [6.07, 6.45) is 0. The Morgan fingerprint density at radius 1 is 1.20 bits per heavy atom. The molecule has 1 aromatic heterocycles. The molecule has 2 N–H and O–H groups in total. The number of H-pyrrole nitrogens is 1. The van der Waals surface area contributed by atoms with Crippen LogP contribution in [-0.2, 0) is 5.60 Å². The normalized spacial score (nSPS) is 12.3. The Bertz CT molecular complexity index is 503. The molecule has 0 unspecified atom stereocenters. The molecule has 2 heteroatoms. The van der Waals surface area contributed by atoms with Crippen LogP contribution in [0.25, 0.3) is 10.9 Å².